The predicted molar refractivity (Wildman–Crippen MR) is 73.1 cm³/mol. The van der Waals surface area contributed by atoms with Gasteiger partial charge in [0.25, 0.3) is 5.56 Å². The van der Waals surface area contributed by atoms with Crippen molar-refractivity contribution in [1.82, 2.24) is 4.57 Å². The molecule has 0 atom stereocenters. The molecule has 0 amide bonds. The number of pyridine rings is 1. The maximum absolute atomic E-state index is 11.8. The van der Waals surface area contributed by atoms with E-state index in [2.05, 4.69) is 0 Å². The summed E-state index contributed by atoms with van der Waals surface area (Å²) in [5.41, 5.74) is 7.00. The first-order valence-corrected chi connectivity index (χ1v) is 5.72. The van der Waals surface area contributed by atoms with Gasteiger partial charge >= 0.3 is 0 Å². The standard InChI is InChI=1S/C13H13ClN2O2/c1-16-11(5-4-10(15)13(16)17)9-7-8(14)3-6-12(9)18-2/h3-7H,15H2,1-2H3. The maximum atomic E-state index is 11.8. The molecule has 0 saturated carbocycles. The summed E-state index contributed by atoms with van der Waals surface area (Å²) in [5, 5.41) is 0.579. The van der Waals surface area contributed by atoms with Crippen molar-refractivity contribution in [2.45, 2.75) is 0 Å². The average molecular weight is 265 g/mol. The second-order valence-electron chi connectivity index (χ2n) is 3.88. The molecule has 0 aliphatic rings. The number of rotatable bonds is 2. The molecule has 94 valence electrons. The molecule has 2 aromatic rings. The van der Waals surface area contributed by atoms with Gasteiger partial charge in [-0.25, -0.2) is 0 Å². The molecule has 1 heterocycles. The minimum absolute atomic E-state index is 0.210. The van der Waals surface area contributed by atoms with Crippen LogP contribution in [-0.4, -0.2) is 11.7 Å². The summed E-state index contributed by atoms with van der Waals surface area (Å²) in [5.74, 6) is 0.652. The smallest absolute Gasteiger partial charge is 0.273 e. The van der Waals surface area contributed by atoms with Crippen LogP contribution in [0.5, 0.6) is 5.75 Å². The number of anilines is 1. The topological polar surface area (TPSA) is 57.2 Å². The molecule has 18 heavy (non-hydrogen) atoms. The molecule has 2 N–H and O–H groups in total. The first kappa shape index (κ1) is 12.5. The molecule has 0 unspecified atom stereocenters. The highest BCUT2D eigenvalue weighted by Crippen LogP contribution is 2.31. The Labute approximate surface area is 110 Å². The van der Waals surface area contributed by atoms with Crippen LogP contribution in [0.3, 0.4) is 0 Å². The highest BCUT2D eigenvalue weighted by Gasteiger charge is 2.11. The maximum Gasteiger partial charge on any atom is 0.273 e. The quantitative estimate of drug-likeness (QED) is 0.905. The lowest BCUT2D eigenvalue weighted by atomic mass is 10.1. The van der Waals surface area contributed by atoms with Crippen LogP contribution in [0.2, 0.25) is 5.02 Å². The second-order valence-corrected chi connectivity index (χ2v) is 4.32. The number of halogens is 1. The van der Waals surface area contributed by atoms with E-state index in [0.717, 1.165) is 5.56 Å². The molecule has 0 saturated heterocycles. The highest BCUT2D eigenvalue weighted by atomic mass is 35.5. The molecule has 0 aliphatic heterocycles. The van der Waals surface area contributed by atoms with Crippen molar-refractivity contribution in [3.8, 4) is 17.0 Å². The largest absolute Gasteiger partial charge is 0.496 e. The van der Waals surface area contributed by atoms with Crippen molar-refractivity contribution in [2.24, 2.45) is 7.05 Å². The lowest BCUT2D eigenvalue weighted by molar-refractivity contribution is 0.416. The van der Waals surface area contributed by atoms with Gasteiger partial charge in [0.2, 0.25) is 0 Å². The zero-order valence-electron chi connectivity index (χ0n) is 10.1. The Bertz CT molecular complexity index is 650. The number of aromatic nitrogens is 1. The second kappa shape index (κ2) is 4.74. The molecule has 1 aromatic carbocycles. The average Bonchev–Trinajstić information content (AvgIpc) is 2.36. The Morgan fingerprint density at radius 1 is 1.28 bits per heavy atom. The van der Waals surface area contributed by atoms with E-state index < -0.39 is 0 Å². The lowest BCUT2D eigenvalue weighted by Gasteiger charge is -2.13. The third-order valence-electron chi connectivity index (χ3n) is 2.77. The number of nitrogen functional groups attached to an aromatic ring is 1. The predicted octanol–water partition coefficient (Wildman–Crippen LogP) is 2.30. The van der Waals surface area contributed by atoms with Gasteiger partial charge in [0.15, 0.2) is 0 Å². The Hall–Kier alpha value is -1.94. The third-order valence-corrected chi connectivity index (χ3v) is 3.01. The summed E-state index contributed by atoms with van der Waals surface area (Å²) in [6, 6.07) is 8.60. The number of benzene rings is 1. The molecule has 0 radical (unpaired) electrons. The summed E-state index contributed by atoms with van der Waals surface area (Å²) < 4.78 is 6.75. The molecule has 5 heteroatoms. The van der Waals surface area contributed by atoms with Gasteiger partial charge in [-0.15, -0.1) is 0 Å². The minimum Gasteiger partial charge on any atom is -0.496 e. The van der Waals surface area contributed by atoms with Crippen LogP contribution < -0.4 is 16.0 Å². The van der Waals surface area contributed by atoms with E-state index in [1.165, 1.54) is 4.57 Å². The normalized spacial score (nSPS) is 10.4. The Balaban J connectivity index is 2.73. The fraction of sp³-hybridized carbons (Fsp3) is 0.154. The van der Waals surface area contributed by atoms with Gasteiger partial charge in [0.1, 0.15) is 5.75 Å². The molecule has 0 spiro atoms. The van der Waals surface area contributed by atoms with E-state index in [4.69, 9.17) is 22.1 Å². The van der Waals surface area contributed by atoms with Gasteiger partial charge in [0.05, 0.1) is 18.5 Å². The molecule has 1 aromatic heterocycles. The molecule has 0 fully saturated rings. The number of methoxy groups -OCH3 is 1. The van der Waals surface area contributed by atoms with Crippen LogP contribution in [0.15, 0.2) is 35.1 Å². The molecular weight excluding hydrogens is 252 g/mol. The van der Waals surface area contributed by atoms with Crippen LogP contribution in [-0.2, 0) is 7.05 Å². The fourth-order valence-corrected chi connectivity index (χ4v) is 1.98. The molecule has 2 rings (SSSR count). The fourth-order valence-electron chi connectivity index (χ4n) is 1.81. The van der Waals surface area contributed by atoms with Crippen LogP contribution in [0.1, 0.15) is 0 Å². The van der Waals surface area contributed by atoms with Crippen molar-refractivity contribution in [2.75, 3.05) is 12.8 Å². The summed E-state index contributed by atoms with van der Waals surface area (Å²) in [6.45, 7) is 0. The van der Waals surface area contributed by atoms with E-state index in [9.17, 15) is 4.79 Å². The van der Waals surface area contributed by atoms with Crippen LogP contribution in [0.25, 0.3) is 11.3 Å². The SMILES string of the molecule is COc1ccc(Cl)cc1-c1ccc(N)c(=O)n1C. The summed E-state index contributed by atoms with van der Waals surface area (Å²) in [6.07, 6.45) is 0. The van der Waals surface area contributed by atoms with Crippen LogP contribution in [0.4, 0.5) is 5.69 Å². The number of nitrogens with two attached hydrogens (primary N) is 1. The summed E-state index contributed by atoms with van der Waals surface area (Å²) in [7, 11) is 3.23. The van der Waals surface area contributed by atoms with Crippen molar-refractivity contribution in [3.63, 3.8) is 0 Å². The van der Waals surface area contributed by atoms with E-state index in [0.29, 0.717) is 16.5 Å². The van der Waals surface area contributed by atoms with E-state index >= 15 is 0 Å². The van der Waals surface area contributed by atoms with Gasteiger partial charge < -0.3 is 15.0 Å². The lowest BCUT2D eigenvalue weighted by Crippen LogP contribution is -2.21. The number of hydrogen-bond acceptors (Lipinski definition) is 3. The van der Waals surface area contributed by atoms with Crippen LogP contribution in [0, 0.1) is 0 Å². The number of nitrogens with zero attached hydrogens (tertiary/aromatic N) is 1. The van der Waals surface area contributed by atoms with Gasteiger partial charge in [-0.3, -0.25) is 4.79 Å². The first-order chi connectivity index (χ1) is 8.54. The molecule has 4 nitrogen and oxygen atoms in total. The monoisotopic (exact) mass is 264 g/mol. The van der Waals surface area contributed by atoms with Gasteiger partial charge in [-0.2, -0.15) is 0 Å². The van der Waals surface area contributed by atoms with Gasteiger partial charge in [-0.1, -0.05) is 11.6 Å². The molecule has 0 aliphatic carbocycles. The zero-order chi connectivity index (χ0) is 13.3. The van der Waals surface area contributed by atoms with Crippen molar-refractivity contribution in [1.29, 1.82) is 0 Å². The van der Waals surface area contributed by atoms with Crippen molar-refractivity contribution >= 4 is 17.3 Å². The zero-order valence-corrected chi connectivity index (χ0v) is 10.9. The highest BCUT2D eigenvalue weighted by molar-refractivity contribution is 6.30. The van der Waals surface area contributed by atoms with E-state index in [1.54, 1.807) is 44.5 Å². The van der Waals surface area contributed by atoms with E-state index in [-0.39, 0.29) is 11.2 Å². The number of hydrogen-bond donors (Lipinski definition) is 1. The van der Waals surface area contributed by atoms with E-state index in [1.807, 2.05) is 0 Å². The first-order valence-electron chi connectivity index (χ1n) is 5.34. The summed E-state index contributed by atoms with van der Waals surface area (Å²) >= 11 is 5.98. The third kappa shape index (κ3) is 2.07. The van der Waals surface area contributed by atoms with Gasteiger partial charge in [-0.05, 0) is 30.3 Å². The van der Waals surface area contributed by atoms with Crippen molar-refractivity contribution in [3.05, 3.63) is 45.7 Å². The van der Waals surface area contributed by atoms with Crippen molar-refractivity contribution < 1.29 is 4.74 Å². The number of ether oxygens (including phenoxy) is 1. The minimum atomic E-state index is -0.241. The summed E-state index contributed by atoms with van der Waals surface area (Å²) in [4.78, 5) is 11.8. The Kier molecular flexibility index (Phi) is 3.30. The Morgan fingerprint density at radius 3 is 2.67 bits per heavy atom. The molecular formula is C13H13ClN2O2. The Morgan fingerprint density at radius 2 is 2.00 bits per heavy atom. The van der Waals surface area contributed by atoms with Crippen LogP contribution >= 0.6 is 11.6 Å². The van der Waals surface area contributed by atoms with Gasteiger partial charge in [0, 0.05) is 17.6 Å². The molecule has 0 bridgehead atoms.